The highest BCUT2D eigenvalue weighted by Crippen LogP contribution is 2.19. The van der Waals surface area contributed by atoms with E-state index in [1.807, 2.05) is 13.8 Å². The number of hydrogen-bond donors (Lipinski definition) is 3. The predicted octanol–water partition coefficient (Wildman–Crippen LogP) is 2.63. The number of ether oxygens (including phenoxy) is 2. The molecule has 136 valence electrons. The molecule has 7 nitrogen and oxygen atoms in total. The van der Waals surface area contributed by atoms with Crippen LogP contribution in [0.2, 0.25) is 0 Å². The summed E-state index contributed by atoms with van der Waals surface area (Å²) in [7, 11) is 0. The van der Waals surface area contributed by atoms with Crippen LogP contribution >= 0.6 is 11.8 Å². The standard InChI is InChI=1S/C17H23N3O4S/c1-11(2)24-15-7-13(4-5-23-12(3)21)6-14(8-15)17(22)20-16(19)9-25-10-18/h6-8,10-11,18H,4-5,9H2,1-3H3,(H2,19,20,22). The molecule has 0 spiro atoms. The first kappa shape index (κ1) is 20.7. The van der Waals surface area contributed by atoms with Crippen molar-refractivity contribution in [1.82, 2.24) is 5.32 Å². The van der Waals surface area contributed by atoms with E-state index >= 15 is 0 Å². The fraction of sp³-hybridized carbons (Fsp3) is 0.412. The Bertz CT molecular complexity index is 647. The molecule has 25 heavy (non-hydrogen) atoms. The summed E-state index contributed by atoms with van der Waals surface area (Å²) in [5, 5.41) is 17.1. The Morgan fingerprint density at radius 3 is 2.64 bits per heavy atom. The maximum Gasteiger partial charge on any atom is 0.302 e. The lowest BCUT2D eigenvalue weighted by atomic mass is 10.1. The lowest BCUT2D eigenvalue weighted by Crippen LogP contribution is -2.31. The zero-order valence-corrected chi connectivity index (χ0v) is 15.4. The Labute approximate surface area is 151 Å². The Balaban J connectivity index is 2.90. The summed E-state index contributed by atoms with van der Waals surface area (Å²) in [4.78, 5) is 23.2. The molecule has 0 bridgehead atoms. The normalized spacial score (nSPS) is 10.2. The molecule has 0 aliphatic heterocycles. The van der Waals surface area contributed by atoms with Crippen molar-refractivity contribution in [3.8, 4) is 5.75 Å². The number of rotatable bonds is 9. The molecule has 0 fully saturated rings. The van der Waals surface area contributed by atoms with Crippen LogP contribution in [-0.2, 0) is 16.0 Å². The monoisotopic (exact) mass is 365 g/mol. The van der Waals surface area contributed by atoms with Crippen molar-refractivity contribution in [1.29, 1.82) is 10.8 Å². The second-order valence-corrected chi connectivity index (χ2v) is 6.34. The van der Waals surface area contributed by atoms with E-state index in [9.17, 15) is 9.59 Å². The molecule has 1 aromatic carbocycles. The van der Waals surface area contributed by atoms with E-state index in [1.54, 1.807) is 18.2 Å². The molecule has 0 saturated carbocycles. The highest BCUT2D eigenvalue weighted by molar-refractivity contribution is 8.12. The number of hydrogen-bond acceptors (Lipinski definition) is 7. The lowest BCUT2D eigenvalue weighted by Gasteiger charge is -2.14. The quantitative estimate of drug-likeness (QED) is 0.354. The van der Waals surface area contributed by atoms with Crippen LogP contribution in [0.4, 0.5) is 0 Å². The third-order valence-corrected chi connectivity index (χ3v) is 3.49. The summed E-state index contributed by atoms with van der Waals surface area (Å²) in [6.07, 6.45) is 0.401. The van der Waals surface area contributed by atoms with Crippen molar-refractivity contribution < 1.29 is 19.1 Å². The van der Waals surface area contributed by atoms with E-state index in [0.29, 0.717) is 17.7 Å². The third-order valence-electron chi connectivity index (χ3n) is 2.87. The zero-order chi connectivity index (χ0) is 18.8. The first-order valence-corrected chi connectivity index (χ1v) is 8.80. The average molecular weight is 365 g/mol. The van der Waals surface area contributed by atoms with Gasteiger partial charge in [0.2, 0.25) is 0 Å². The van der Waals surface area contributed by atoms with Crippen LogP contribution in [0.15, 0.2) is 18.2 Å². The topological polar surface area (TPSA) is 112 Å². The molecule has 3 N–H and O–H groups in total. The van der Waals surface area contributed by atoms with Gasteiger partial charge >= 0.3 is 5.97 Å². The number of amides is 1. The number of amidine groups is 1. The second-order valence-electron chi connectivity index (χ2n) is 5.48. The zero-order valence-electron chi connectivity index (χ0n) is 14.5. The summed E-state index contributed by atoms with van der Waals surface area (Å²) in [6, 6.07) is 5.10. The molecule has 0 unspecified atom stereocenters. The molecule has 1 amide bonds. The summed E-state index contributed by atoms with van der Waals surface area (Å²) in [6.45, 7) is 5.33. The summed E-state index contributed by atoms with van der Waals surface area (Å²) < 4.78 is 10.6. The van der Waals surface area contributed by atoms with Gasteiger partial charge in [0.15, 0.2) is 0 Å². The molecule has 0 aliphatic rings. The van der Waals surface area contributed by atoms with Gasteiger partial charge in [0.05, 0.1) is 24.0 Å². The van der Waals surface area contributed by atoms with Crippen LogP contribution in [0.25, 0.3) is 0 Å². The molecule has 1 aromatic rings. The first-order valence-electron chi connectivity index (χ1n) is 7.75. The predicted molar refractivity (Wildman–Crippen MR) is 99.0 cm³/mol. The van der Waals surface area contributed by atoms with Gasteiger partial charge in [-0.1, -0.05) is 0 Å². The van der Waals surface area contributed by atoms with Gasteiger partial charge in [-0.15, -0.1) is 11.8 Å². The van der Waals surface area contributed by atoms with Gasteiger partial charge in [-0.3, -0.25) is 15.0 Å². The Morgan fingerprint density at radius 1 is 1.32 bits per heavy atom. The second kappa shape index (κ2) is 10.5. The number of thioether (sulfide) groups is 1. The summed E-state index contributed by atoms with van der Waals surface area (Å²) in [5.41, 5.74) is 2.27. The molecular formula is C17H23N3O4S. The highest BCUT2D eigenvalue weighted by atomic mass is 32.2. The highest BCUT2D eigenvalue weighted by Gasteiger charge is 2.12. The first-order chi connectivity index (χ1) is 11.8. The van der Waals surface area contributed by atoms with E-state index in [4.69, 9.17) is 20.3 Å². The fourth-order valence-corrected chi connectivity index (χ4v) is 2.28. The average Bonchev–Trinajstić information content (AvgIpc) is 2.51. The molecule has 0 atom stereocenters. The SMILES string of the molecule is CC(=O)OCCc1cc(OC(C)C)cc(C(=O)NC(=N)CSC=N)c1. The van der Waals surface area contributed by atoms with Crippen molar-refractivity contribution in [2.75, 3.05) is 12.4 Å². The van der Waals surface area contributed by atoms with E-state index < -0.39 is 5.91 Å². The molecule has 8 heteroatoms. The molecule has 0 aromatic heterocycles. The maximum atomic E-state index is 12.3. The molecular weight excluding hydrogens is 342 g/mol. The Kier molecular flexibility index (Phi) is 8.69. The number of nitrogens with one attached hydrogen (secondary N) is 3. The molecule has 1 rings (SSSR count). The van der Waals surface area contributed by atoms with Gasteiger partial charge in [-0.05, 0) is 37.6 Å². The summed E-state index contributed by atoms with van der Waals surface area (Å²) in [5.74, 6) is 0.00994. The minimum atomic E-state index is -0.418. The summed E-state index contributed by atoms with van der Waals surface area (Å²) >= 11 is 1.11. The Morgan fingerprint density at radius 2 is 2.04 bits per heavy atom. The van der Waals surface area contributed by atoms with Crippen LogP contribution in [0.3, 0.4) is 0 Å². The van der Waals surface area contributed by atoms with E-state index in [0.717, 1.165) is 22.9 Å². The largest absolute Gasteiger partial charge is 0.491 e. The van der Waals surface area contributed by atoms with Crippen molar-refractivity contribution in [2.24, 2.45) is 0 Å². The minimum Gasteiger partial charge on any atom is -0.491 e. The van der Waals surface area contributed by atoms with Gasteiger partial charge in [0, 0.05) is 18.9 Å². The number of carbonyl (C=O) groups excluding carboxylic acids is 2. The van der Waals surface area contributed by atoms with E-state index in [-0.39, 0.29) is 30.3 Å². The van der Waals surface area contributed by atoms with Crippen LogP contribution in [0.5, 0.6) is 5.75 Å². The Hall–Kier alpha value is -2.35. The number of benzene rings is 1. The molecule has 0 aliphatic carbocycles. The molecule has 0 saturated heterocycles. The van der Waals surface area contributed by atoms with Crippen molar-refractivity contribution in [2.45, 2.75) is 33.3 Å². The van der Waals surface area contributed by atoms with Gasteiger partial charge in [0.1, 0.15) is 11.6 Å². The number of esters is 1. The van der Waals surface area contributed by atoms with E-state index in [1.165, 1.54) is 6.92 Å². The van der Waals surface area contributed by atoms with Gasteiger partial charge < -0.3 is 20.2 Å². The van der Waals surface area contributed by atoms with Gasteiger partial charge in [-0.2, -0.15) is 0 Å². The van der Waals surface area contributed by atoms with Crippen LogP contribution in [0.1, 0.15) is 36.7 Å². The van der Waals surface area contributed by atoms with Crippen molar-refractivity contribution in [3.05, 3.63) is 29.3 Å². The van der Waals surface area contributed by atoms with Crippen molar-refractivity contribution >= 4 is 35.0 Å². The number of carbonyl (C=O) groups is 2. The fourth-order valence-electron chi connectivity index (χ4n) is 1.96. The van der Waals surface area contributed by atoms with Crippen LogP contribution in [-0.4, -0.2) is 41.7 Å². The minimum absolute atomic E-state index is 0.0233. The van der Waals surface area contributed by atoms with Crippen LogP contribution in [0, 0.1) is 10.8 Å². The van der Waals surface area contributed by atoms with E-state index in [2.05, 4.69) is 5.32 Å². The van der Waals surface area contributed by atoms with Gasteiger partial charge in [0.25, 0.3) is 5.91 Å². The van der Waals surface area contributed by atoms with Crippen LogP contribution < -0.4 is 10.1 Å². The molecule has 0 heterocycles. The lowest BCUT2D eigenvalue weighted by molar-refractivity contribution is -0.140. The smallest absolute Gasteiger partial charge is 0.302 e. The maximum absolute atomic E-state index is 12.3. The van der Waals surface area contributed by atoms with Gasteiger partial charge in [-0.25, -0.2) is 0 Å². The van der Waals surface area contributed by atoms with Crippen molar-refractivity contribution in [3.63, 3.8) is 0 Å². The third kappa shape index (κ3) is 8.35. The molecule has 0 radical (unpaired) electrons.